The van der Waals surface area contributed by atoms with Crippen LogP contribution >= 0.6 is 6.04 Å². The molecule has 2 heterocycles. The Morgan fingerprint density at radius 1 is 0.815 bits per heavy atom. The van der Waals surface area contributed by atoms with Crippen LogP contribution in [0.1, 0.15) is 32.1 Å². The normalized spacial score (nSPS) is 40.7. The van der Waals surface area contributed by atoms with E-state index < -0.39 is 6.04 Å². The number of hydrogen-bond donors (Lipinski definition) is 0. The Bertz CT molecular complexity index is 955. The zero-order chi connectivity index (χ0) is 18.3. The molecule has 27 heavy (non-hydrogen) atoms. The third kappa shape index (κ3) is 2.80. The zero-order valence-corrected chi connectivity index (χ0v) is 16.9. The van der Waals surface area contributed by atoms with Gasteiger partial charge in [-0.15, -0.1) is 0 Å². The lowest BCUT2D eigenvalue weighted by Gasteiger charge is -2.46. The summed E-state index contributed by atoms with van der Waals surface area (Å²) in [5.41, 5.74) is 0.393. The van der Waals surface area contributed by atoms with Crippen molar-refractivity contribution in [2.45, 2.75) is 43.9 Å². The second-order valence-corrected chi connectivity index (χ2v) is 12.1. The van der Waals surface area contributed by atoms with Gasteiger partial charge in [0.05, 0.1) is 5.31 Å². The summed E-state index contributed by atoms with van der Waals surface area (Å²) in [5.74, 6) is 2.72. The van der Waals surface area contributed by atoms with Gasteiger partial charge >= 0.3 is 0 Å². The molecule has 2 aliphatic heterocycles. The third-order valence-electron chi connectivity index (χ3n) is 5.84. The topological polar surface area (TPSA) is 18.5 Å². The van der Waals surface area contributed by atoms with E-state index in [1.54, 1.807) is 0 Å². The summed E-state index contributed by atoms with van der Waals surface area (Å²) in [4.78, 5) is 0. The molecular weight excluding hydrogens is 371 g/mol. The minimum atomic E-state index is -2.06. The first-order valence-corrected chi connectivity index (χ1v) is 12.7. The minimum Gasteiger partial charge on any atom is -0.489 e. The van der Waals surface area contributed by atoms with Crippen LogP contribution in [-0.4, -0.2) is 11.8 Å². The molecule has 3 unspecified atom stereocenters. The molecule has 0 bridgehead atoms. The fraction of sp³-hybridized carbons (Fsp3) is 0.304. The maximum Gasteiger partial charge on any atom is 0.139 e. The second kappa shape index (κ2) is 6.96. The van der Waals surface area contributed by atoms with E-state index in [-0.39, 0.29) is 6.10 Å². The Morgan fingerprint density at radius 3 is 2.44 bits per heavy atom. The Morgan fingerprint density at radius 2 is 1.56 bits per heavy atom. The highest BCUT2D eigenvalue weighted by molar-refractivity contribution is 8.19. The third-order valence-corrected chi connectivity index (χ3v) is 11.5. The van der Waals surface area contributed by atoms with Gasteiger partial charge in [-0.1, -0.05) is 67.2 Å². The van der Waals surface area contributed by atoms with Gasteiger partial charge in [-0.05, 0) is 43.6 Å². The van der Waals surface area contributed by atoms with Crippen LogP contribution in [0.4, 0.5) is 0 Å². The number of fused-ring (bicyclic) bond motifs is 3. The van der Waals surface area contributed by atoms with Gasteiger partial charge in [0.1, 0.15) is 23.4 Å². The van der Waals surface area contributed by atoms with E-state index in [4.69, 9.17) is 21.3 Å². The zero-order valence-electron chi connectivity index (χ0n) is 15.2. The minimum absolute atomic E-state index is 0.219. The molecule has 0 saturated heterocycles. The quantitative estimate of drug-likeness (QED) is 0.447. The van der Waals surface area contributed by atoms with Gasteiger partial charge in [-0.25, -0.2) is 0 Å². The van der Waals surface area contributed by atoms with Gasteiger partial charge < -0.3 is 9.47 Å². The highest BCUT2D eigenvalue weighted by atomic mass is 32.4. The van der Waals surface area contributed by atoms with Gasteiger partial charge in [0.2, 0.25) is 0 Å². The molecule has 5 aliphatic rings. The first-order valence-electron chi connectivity index (χ1n) is 9.79. The van der Waals surface area contributed by atoms with Crippen LogP contribution in [-0.2, 0) is 21.3 Å². The fourth-order valence-corrected chi connectivity index (χ4v) is 10.2. The summed E-state index contributed by atoms with van der Waals surface area (Å²) in [7, 11) is 0. The smallest absolute Gasteiger partial charge is 0.139 e. The number of rotatable bonds is 0. The van der Waals surface area contributed by atoms with Gasteiger partial charge in [0.15, 0.2) is 0 Å². The lowest BCUT2D eigenvalue weighted by molar-refractivity contribution is 0.107. The molecule has 0 spiro atoms. The van der Waals surface area contributed by atoms with Crippen molar-refractivity contribution in [1.29, 1.82) is 0 Å². The van der Waals surface area contributed by atoms with E-state index in [1.807, 2.05) is 30.4 Å². The number of allylic oxidation sites excluding steroid dienone is 13. The first kappa shape index (κ1) is 17.3. The molecule has 2 nitrogen and oxygen atoms in total. The van der Waals surface area contributed by atoms with Crippen LogP contribution in [0.25, 0.3) is 0 Å². The molecule has 4 heteroatoms. The lowest BCUT2D eigenvalue weighted by atomic mass is 10.1. The average Bonchev–Trinajstić information content (AvgIpc) is 2.86. The Hall–Kier alpha value is -1.83. The molecule has 1 saturated carbocycles. The summed E-state index contributed by atoms with van der Waals surface area (Å²) >= 11 is 6.67. The van der Waals surface area contributed by atoms with E-state index in [0.717, 1.165) is 35.4 Å². The molecule has 5 rings (SSSR count). The highest BCUT2D eigenvalue weighted by Crippen LogP contribution is 2.75. The monoisotopic (exact) mass is 394 g/mol. The Labute approximate surface area is 166 Å². The standard InChI is InChI=1S/C23H23O2PS/c27-26-21-15-9-2-1-5-11-17(21)24-19-13-7-3-8-14-20(23(19)26)25-18-12-6-4-10-16-22(18)26/h1-3,5,7-9,11,13-15,18,22H,4,6,10,12,16H2/b2-1-,5-1?,7-3-,8-3?,9-2?,11-5-,13-7?,14-8-,15-9?,17-11?,19-13+,20-14?,21-15?. The van der Waals surface area contributed by atoms with Crippen molar-refractivity contribution in [3.8, 4) is 0 Å². The predicted molar refractivity (Wildman–Crippen MR) is 115 cm³/mol. The molecule has 3 aliphatic carbocycles. The molecule has 138 valence electrons. The molecule has 3 atom stereocenters. The van der Waals surface area contributed by atoms with E-state index >= 15 is 0 Å². The van der Waals surface area contributed by atoms with Crippen molar-refractivity contribution in [2.24, 2.45) is 0 Å². The van der Waals surface area contributed by atoms with Crippen molar-refractivity contribution in [2.75, 3.05) is 0 Å². The summed E-state index contributed by atoms with van der Waals surface area (Å²) < 4.78 is 13.0. The number of ether oxygens (including phenoxy) is 2. The fourth-order valence-electron chi connectivity index (χ4n) is 4.63. The van der Waals surface area contributed by atoms with Crippen molar-refractivity contribution >= 4 is 17.8 Å². The molecule has 0 amide bonds. The first-order chi connectivity index (χ1) is 13.3. The van der Waals surface area contributed by atoms with Gasteiger partial charge in [-0.3, -0.25) is 0 Å². The van der Waals surface area contributed by atoms with Crippen molar-refractivity contribution in [3.05, 3.63) is 94.7 Å². The Kier molecular flexibility index (Phi) is 4.46. The van der Waals surface area contributed by atoms with Crippen LogP contribution in [0.5, 0.6) is 0 Å². The van der Waals surface area contributed by atoms with Crippen LogP contribution in [0.2, 0.25) is 0 Å². The molecule has 0 aromatic rings. The van der Waals surface area contributed by atoms with Crippen LogP contribution in [0.15, 0.2) is 94.7 Å². The maximum atomic E-state index is 6.67. The Balaban J connectivity index is 1.80. The lowest BCUT2D eigenvalue weighted by Crippen LogP contribution is -2.35. The summed E-state index contributed by atoms with van der Waals surface area (Å²) in [6.07, 6.45) is 29.0. The largest absolute Gasteiger partial charge is 0.489 e. The van der Waals surface area contributed by atoms with Crippen LogP contribution in [0.3, 0.4) is 0 Å². The molecule has 0 aromatic carbocycles. The van der Waals surface area contributed by atoms with E-state index in [0.29, 0.717) is 5.66 Å². The molecule has 0 radical (unpaired) electrons. The van der Waals surface area contributed by atoms with Gasteiger partial charge in [0, 0.05) is 17.0 Å². The molecule has 0 N–H and O–H groups in total. The maximum absolute atomic E-state index is 6.67. The summed E-state index contributed by atoms with van der Waals surface area (Å²) in [5, 5.41) is 2.35. The summed E-state index contributed by atoms with van der Waals surface area (Å²) in [6, 6.07) is -2.06. The van der Waals surface area contributed by atoms with Crippen LogP contribution < -0.4 is 0 Å². The highest BCUT2D eigenvalue weighted by Gasteiger charge is 2.50. The van der Waals surface area contributed by atoms with Gasteiger partial charge in [0.25, 0.3) is 0 Å². The molecule has 0 aromatic heterocycles. The average molecular weight is 394 g/mol. The van der Waals surface area contributed by atoms with Crippen molar-refractivity contribution < 1.29 is 9.47 Å². The van der Waals surface area contributed by atoms with E-state index in [2.05, 4.69) is 36.5 Å². The summed E-state index contributed by atoms with van der Waals surface area (Å²) in [6.45, 7) is 0. The van der Waals surface area contributed by atoms with Gasteiger partial charge in [-0.2, -0.15) is 0 Å². The predicted octanol–water partition coefficient (Wildman–Crippen LogP) is 6.34. The molecular formula is C23H23O2PS. The van der Waals surface area contributed by atoms with E-state index in [9.17, 15) is 0 Å². The van der Waals surface area contributed by atoms with E-state index in [1.165, 1.54) is 24.6 Å². The number of hydrogen-bond acceptors (Lipinski definition) is 3. The van der Waals surface area contributed by atoms with Crippen LogP contribution in [0, 0.1) is 0 Å². The van der Waals surface area contributed by atoms with Crippen molar-refractivity contribution in [3.63, 3.8) is 0 Å². The second-order valence-electron chi connectivity index (χ2n) is 7.46. The SMILES string of the molecule is S=P12C3=C(/C=C\C=C/C=C3)O/C3=C/C=C\C=C/C(=C31)OC1CCCCCC12. The molecule has 1 fully saturated rings. The van der Waals surface area contributed by atoms with Crippen molar-refractivity contribution in [1.82, 2.24) is 0 Å².